The number of hydrogen-bond donors (Lipinski definition) is 0. The number of benzene rings is 3. The van der Waals surface area contributed by atoms with E-state index in [2.05, 4.69) is 0 Å². The van der Waals surface area contributed by atoms with Gasteiger partial charge in [-0.1, -0.05) is 47.0 Å². The molecule has 29 heavy (non-hydrogen) atoms. The zero-order valence-electron chi connectivity index (χ0n) is 15.2. The predicted octanol–water partition coefficient (Wildman–Crippen LogP) is 6.14. The fourth-order valence-corrected chi connectivity index (χ4v) is 3.15. The summed E-state index contributed by atoms with van der Waals surface area (Å²) in [7, 11) is 0. The molecular formula is C23H14Cl2O4. The number of hydrogen-bond acceptors (Lipinski definition) is 4. The van der Waals surface area contributed by atoms with Gasteiger partial charge in [0.15, 0.2) is 5.76 Å². The second-order valence-electron chi connectivity index (χ2n) is 6.53. The summed E-state index contributed by atoms with van der Waals surface area (Å²) in [5, 5.41) is 0.810. The fourth-order valence-electron chi connectivity index (χ4n) is 2.84. The smallest absolute Gasteiger partial charge is 0.343 e. The number of aryl methyl sites for hydroxylation is 1. The maximum Gasteiger partial charge on any atom is 0.343 e. The molecule has 0 radical (unpaired) electrons. The Morgan fingerprint density at radius 2 is 1.72 bits per heavy atom. The van der Waals surface area contributed by atoms with Crippen LogP contribution in [0.15, 0.2) is 66.4 Å². The van der Waals surface area contributed by atoms with Crippen LogP contribution in [0.1, 0.15) is 31.8 Å². The van der Waals surface area contributed by atoms with Gasteiger partial charge in [0, 0.05) is 6.07 Å². The Kier molecular flexibility index (Phi) is 5.14. The van der Waals surface area contributed by atoms with Gasteiger partial charge in [-0.15, -0.1) is 0 Å². The topological polar surface area (TPSA) is 52.6 Å². The first-order valence-corrected chi connectivity index (χ1v) is 9.48. The number of rotatable bonds is 3. The summed E-state index contributed by atoms with van der Waals surface area (Å²) >= 11 is 11.9. The summed E-state index contributed by atoms with van der Waals surface area (Å²) in [6.45, 7) is 1.94. The molecule has 0 fully saturated rings. The highest BCUT2D eigenvalue weighted by Crippen LogP contribution is 2.35. The second-order valence-corrected chi connectivity index (χ2v) is 7.34. The third kappa shape index (κ3) is 4.04. The molecule has 0 saturated carbocycles. The van der Waals surface area contributed by atoms with Gasteiger partial charge in [-0.3, -0.25) is 4.79 Å². The molecule has 0 N–H and O–H groups in total. The van der Waals surface area contributed by atoms with E-state index >= 15 is 0 Å². The maximum absolute atomic E-state index is 12.6. The molecule has 1 heterocycles. The van der Waals surface area contributed by atoms with Crippen molar-refractivity contribution < 1.29 is 19.1 Å². The van der Waals surface area contributed by atoms with Gasteiger partial charge in [0.2, 0.25) is 5.78 Å². The summed E-state index contributed by atoms with van der Waals surface area (Å²) in [6, 6.07) is 16.7. The SMILES string of the molecule is Cc1ccc(C(=O)Oc2ccc3c(c2)O/C(=C\c2ccc(Cl)c(Cl)c2)C3=O)cc1. The van der Waals surface area contributed by atoms with Gasteiger partial charge < -0.3 is 9.47 Å². The molecule has 0 aliphatic carbocycles. The summed E-state index contributed by atoms with van der Waals surface area (Å²) in [5.41, 5.74) is 2.56. The number of carbonyl (C=O) groups excluding carboxylic acids is 2. The van der Waals surface area contributed by atoms with Crippen LogP contribution in [0.25, 0.3) is 6.08 Å². The van der Waals surface area contributed by atoms with Crippen molar-refractivity contribution in [2.45, 2.75) is 6.92 Å². The minimum absolute atomic E-state index is 0.153. The summed E-state index contributed by atoms with van der Waals surface area (Å²) in [5.74, 6) is 0.0251. The highest BCUT2D eigenvalue weighted by Gasteiger charge is 2.28. The zero-order valence-corrected chi connectivity index (χ0v) is 16.8. The standard InChI is InChI=1S/C23H14Cl2O4/c1-13-2-5-15(6-3-13)23(27)28-16-7-8-17-20(12-16)29-21(22(17)26)11-14-4-9-18(24)19(25)10-14/h2-12H,1H3/b21-11-. The van der Waals surface area contributed by atoms with E-state index in [0.717, 1.165) is 5.56 Å². The van der Waals surface area contributed by atoms with Crippen molar-refractivity contribution >= 4 is 41.0 Å². The second kappa shape index (κ2) is 7.74. The number of fused-ring (bicyclic) bond motifs is 1. The molecule has 0 amide bonds. The first kappa shape index (κ1) is 19.2. The van der Waals surface area contributed by atoms with Crippen LogP contribution < -0.4 is 9.47 Å². The van der Waals surface area contributed by atoms with Gasteiger partial charge >= 0.3 is 5.97 Å². The Labute approximate surface area is 177 Å². The number of carbonyl (C=O) groups is 2. The lowest BCUT2D eigenvalue weighted by molar-refractivity contribution is 0.0734. The van der Waals surface area contributed by atoms with Crippen LogP contribution in [0, 0.1) is 6.92 Å². The van der Waals surface area contributed by atoms with Crippen molar-refractivity contribution in [2.75, 3.05) is 0 Å². The number of halogens is 2. The van der Waals surface area contributed by atoms with Gasteiger partial charge in [-0.25, -0.2) is 4.79 Å². The molecule has 0 spiro atoms. The van der Waals surface area contributed by atoms with Crippen molar-refractivity contribution in [3.63, 3.8) is 0 Å². The zero-order chi connectivity index (χ0) is 20.5. The molecule has 1 aliphatic heterocycles. The molecule has 1 aliphatic rings. The van der Waals surface area contributed by atoms with E-state index < -0.39 is 5.97 Å². The monoisotopic (exact) mass is 424 g/mol. The highest BCUT2D eigenvalue weighted by molar-refractivity contribution is 6.42. The molecule has 0 bridgehead atoms. The van der Waals surface area contributed by atoms with E-state index in [1.54, 1.807) is 48.5 Å². The molecule has 0 aromatic heterocycles. The Hall–Kier alpha value is -3.08. The lowest BCUT2D eigenvalue weighted by atomic mass is 10.1. The van der Waals surface area contributed by atoms with Gasteiger partial charge in [-0.2, -0.15) is 0 Å². The molecule has 6 heteroatoms. The van der Waals surface area contributed by atoms with E-state index in [4.69, 9.17) is 32.7 Å². The molecule has 4 nitrogen and oxygen atoms in total. The van der Waals surface area contributed by atoms with Crippen LogP contribution in [0.5, 0.6) is 11.5 Å². The van der Waals surface area contributed by atoms with Crippen LogP contribution in [0.2, 0.25) is 10.0 Å². The van der Waals surface area contributed by atoms with Gasteiger partial charge in [-0.05, 0) is 55.0 Å². The van der Waals surface area contributed by atoms with Crippen LogP contribution in [-0.2, 0) is 0 Å². The van der Waals surface area contributed by atoms with Crippen LogP contribution in [-0.4, -0.2) is 11.8 Å². The average Bonchev–Trinajstić information content (AvgIpc) is 3.00. The number of ketones is 1. The maximum atomic E-state index is 12.6. The first-order chi connectivity index (χ1) is 13.9. The van der Waals surface area contributed by atoms with Crippen LogP contribution in [0.3, 0.4) is 0 Å². The quantitative estimate of drug-likeness (QED) is 0.288. The molecule has 3 aromatic rings. The van der Waals surface area contributed by atoms with Crippen molar-refractivity contribution in [1.82, 2.24) is 0 Å². The molecule has 144 valence electrons. The van der Waals surface area contributed by atoms with E-state index in [-0.39, 0.29) is 17.3 Å². The first-order valence-electron chi connectivity index (χ1n) is 8.73. The average molecular weight is 425 g/mol. The largest absolute Gasteiger partial charge is 0.452 e. The van der Waals surface area contributed by atoms with E-state index in [0.29, 0.717) is 32.5 Å². The predicted molar refractivity (Wildman–Crippen MR) is 112 cm³/mol. The summed E-state index contributed by atoms with van der Waals surface area (Å²) < 4.78 is 11.1. The minimum atomic E-state index is -0.485. The van der Waals surface area contributed by atoms with E-state index in [1.165, 1.54) is 6.07 Å². The normalized spacial score (nSPS) is 13.9. The fraction of sp³-hybridized carbons (Fsp3) is 0.0435. The van der Waals surface area contributed by atoms with E-state index in [1.807, 2.05) is 19.1 Å². The molecule has 0 atom stereocenters. The van der Waals surface area contributed by atoms with Gasteiger partial charge in [0.05, 0.1) is 21.2 Å². The summed E-state index contributed by atoms with van der Waals surface area (Å²) in [6.07, 6.45) is 1.59. The lowest BCUT2D eigenvalue weighted by Crippen LogP contribution is -2.08. The Bertz CT molecular complexity index is 1160. The van der Waals surface area contributed by atoms with Crippen molar-refractivity contribution in [3.05, 3.63) is 98.7 Å². The van der Waals surface area contributed by atoms with Gasteiger partial charge in [0.25, 0.3) is 0 Å². The van der Waals surface area contributed by atoms with Crippen molar-refractivity contribution in [1.29, 1.82) is 0 Å². The van der Waals surface area contributed by atoms with E-state index in [9.17, 15) is 9.59 Å². The number of ether oxygens (including phenoxy) is 2. The minimum Gasteiger partial charge on any atom is -0.452 e. The molecule has 3 aromatic carbocycles. The lowest BCUT2D eigenvalue weighted by Gasteiger charge is -2.06. The number of esters is 1. The van der Waals surface area contributed by atoms with Crippen LogP contribution in [0.4, 0.5) is 0 Å². The number of allylic oxidation sites excluding steroid dienone is 1. The molecular weight excluding hydrogens is 411 g/mol. The van der Waals surface area contributed by atoms with Crippen LogP contribution >= 0.6 is 23.2 Å². The third-order valence-electron chi connectivity index (χ3n) is 4.38. The molecule has 4 rings (SSSR count). The van der Waals surface area contributed by atoms with Crippen molar-refractivity contribution in [2.24, 2.45) is 0 Å². The Morgan fingerprint density at radius 1 is 0.966 bits per heavy atom. The summed E-state index contributed by atoms with van der Waals surface area (Å²) in [4.78, 5) is 24.9. The van der Waals surface area contributed by atoms with Crippen molar-refractivity contribution in [3.8, 4) is 11.5 Å². The Morgan fingerprint density at radius 3 is 2.45 bits per heavy atom. The Balaban J connectivity index is 1.55. The third-order valence-corrected chi connectivity index (χ3v) is 5.12. The molecule has 0 saturated heterocycles. The highest BCUT2D eigenvalue weighted by atomic mass is 35.5. The van der Waals surface area contributed by atoms with Gasteiger partial charge in [0.1, 0.15) is 11.5 Å². The number of Topliss-reactive ketones (excluding diaryl/α,β-unsaturated/α-hetero) is 1. The molecule has 0 unspecified atom stereocenters.